The first-order valence-corrected chi connectivity index (χ1v) is 14.7. The molecule has 1 aliphatic rings. The third-order valence-electron chi connectivity index (χ3n) is 5.72. The van der Waals surface area contributed by atoms with E-state index in [1.54, 1.807) is 24.3 Å². The van der Waals surface area contributed by atoms with E-state index in [1.165, 1.54) is 17.6 Å². The lowest BCUT2D eigenvalue weighted by atomic mass is 10.2. The molecule has 1 aromatic heterocycles. The summed E-state index contributed by atoms with van der Waals surface area (Å²) in [4.78, 5) is 9.27. The Hall–Kier alpha value is -2.49. The van der Waals surface area contributed by atoms with Crippen molar-refractivity contribution in [2.75, 3.05) is 25.9 Å². The molecular formula is C27H30ClN3O3S2. The molecule has 0 amide bonds. The van der Waals surface area contributed by atoms with E-state index in [-0.39, 0.29) is 17.1 Å². The Labute approximate surface area is 222 Å². The van der Waals surface area contributed by atoms with Gasteiger partial charge in [-0.25, -0.2) is 13.4 Å². The zero-order chi connectivity index (χ0) is 25.9. The van der Waals surface area contributed by atoms with Gasteiger partial charge in [-0.1, -0.05) is 35.9 Å². The van der Waals surface area contributed by atoms with E-state index in [9.17, 15) is 8.42 Å². The smallest absolute Gasteiger partial charge is 0.175 e. The fourth-order valence-electron chi connectivity index (χ4n) is 4.23. The summed E-state index contributed by atoms with van der Waals surface area (Å²) in [5, 5.41) is 0.551. The van der Waals surface area contributed by atoms with Crippen molar-refractivity contribution in [3.8, 4) is 10.4 Å². The maximum atomic E-state index is 12.0. The van der Waals surface area contributed by atoms with Gasteiger partial charge in [0.15, 0.2) is 9.84 Å². The lowest BCUT2D eigenvalue weighted by Crippen LogP contribution is -2.46. The Morgan fingerprint density at radius 3 is 2.56 bits per heavy atom. The van der Waals surface area contributed by atoms with E-state index in [4.69, 9.17) is 27.1 Å². The number of ether oxygens (including phenoxy) is 1. The normalized spacial score (nSPS) is 20.0. The molecule has 190 valence electrons. The summed E-state index contributed by atoms with van der Waals surface area (Å²) in [6.45, 7) is 6.37. The molecule has 1 saturated heterocycles. The van der Waals surface area contributed by atoms with Gasteiger partial charge >= 0.3 is 0 Å². The number of aliphatic imine (C=N–C) groups is 1. The van der Waals surface area contributed by atoms with Crippen molar-refractivity contribution in [3.05, 3.63) is 82.3 Å². The number of allylic oxidation sites excluding steroid dienone is 1. The highest BCUT2D eigenvalue weighted by molar-refractivity contribution is 7.90. The first kappa shape index (κ1) is 26.6. The Bertz CT molecular complexity index is 1390. The third-order valence-corrected chi connectivity index (χ3v) is 8.31. The van der Waals surface area contributed by atoms with Crippen LogP contribution in [0.4, 0.5) is 5.69 Å². The highest BCUT2D eigenvalue weighted by atomic mass is 35.5. The number of sulfone groups is 1. The Kier molecular flexibility index (Phi) is 8.32. The summed E-state index contributed by atoms with van der Waals surface area (Å²) < 4.78 is 29.9. The van der Waals surface area contributed by atoms with Crippen LogP contribution in [0.5, 0.6) is 0 Å². The van der Waals surface area contributed by atoms with Crippen LogP contribution in [-0.4, -0.2) is 57.1 Å². The molecule has 2 aromatic carbocycles. The number of para-hydroxylation sites is 1. The number of morpholine rings is 1. The van der Waals surface area contributed by atoms with Crippen molar-refractivity contribution >= 4 is 44.2 Å². The molecular weight excluding hydrogens is 514 g/mol. The molecule has 0 radical (unpaired) electrons. The number of thiophene rings is 1. The second-order valence-electron chi connectivity index (χ2n) is 9.08. The van der Waals surface area contributed by atoms with E-state index < -0.39 is 9.84 Å². The number of rotatable bonds is 7. The fourth-order valence-corrected chi connectivity index (χ4v) is 6.04. The molecule has 2 unspecified atom stereocenters. The maximum Gasteiger partial charge on any atom is 0.175 e. The first-order valence-electron chi connectivity index (χ1n) is 11.7. The lowest BCUT2D eigenvalue weighted by molar-refractivity contribution is -0.0653. The molecule has 36 heavy (non-hydrogen) atoms. The van der Waals surface area contributed by atoms with E-state index >= 15 is 0 Å². The lowest BCUT2D eigenvalue weighted by Gasteiger charge is -2.35. The van der Waals surface area contributed by atoms with Gasteiger partial charge in [-0.15, -0.1) is 11.3 Å². The number of benzene rings is 2. The second-order valence-corrected chi connectivity index (χ2v) is 12.6. The summed E-state index contributed by atoms with van der Waals surface area (Å²) >= 11 is 7.93. The van der Waals surface area contributed by atoms with Gasteiger partial charge in [-0.2, -0.15) is 0 Å². The molecule has 2 N–H and O–H groups in total. The quantitative estimate of drug-likeness (QED) is 0.395. The molecule has 2 heterocycles. The Balaban J connectivity index is 1.68. The van der Waals surface area contributed by atoms with Gasteiger partial charge in [0.2, 0.25) is 0 Å². The first-order chi connectivity index (χ1) is 17.1. The molecule has 9 heteroatoms. The summed E-state index contributed by atoms with van der Waals surface area (Å²) in [7, 11) is -3.30. The van der Waals surface area contributed by atoms with Gasteiger partial charge in [0.25, 0.3) is 0 Å². The van der Waals surface area contributed by atoms with E-state index in [0.29, 0.717) is 28.7 Å². The van der Waals surface area contributed by atoms with Crippen molar-refractivity contribution in [2.45, 2.75) is 31.0 Å². The second kappa shape index (κ2) is 11.3. The summed E-state index contributed by atoms with van der Waals surface area (Å²) in [6, 6.07) is 18.3. The summed E-state index contributed by atoms with van der Waals surface area (Å²) in [5.41, 5.74) is 9.39. The fraction of sp³-hybridized carbons (Fsp3) is 0.296. The summed E-state index contributed by atoms with van der Waals surface area (Å²) in [5.74, 6) is 0. The average molecular weight is 544 g/mol. The van der Waals surface area contributed by atoms with Crippen LogP contribution in [0.15, 0.2) is 82.3 Å². The molecule has 0 aliphatic carbocycles. The number of hydrogen-bond donors (Lipinski definition) is 1. The SMILES string of the molecule is CC1CN(C/C(N)=C/C(=Nc2ccccc2Cl)c2ccc(-c3cccc(S(C)(=O)=O)c3)s2)CC(C)O1. The van der Waals surface area contributed by atoms with Crippen molar-refractivity contribution < 1.29 is 13.2 Å². The van der Waals surface area contributed by atoms with Gasteiger partial charge in [0, 0.05) is 36.5 Å². The van der Waals surface area contributed by atoms with Gasteiger partial charge in [0.1, 0.15) is 0 Å². The van der Waals surface area contributed by atoms with E-state index in [0.717, 1.165) is 28.4 Å². The topological polar surface area (TPSA) is 85.0 Å². The maximum absolute atomic E-state index is 12.0. The average Bonchev–Trinajstić information content (AvgIpc) is 3.29. The van der Waals surface area contributed by atoms with Crippen LogP contribution < -0.4 is 5.73 Å². The predicted octanol–water partition coefficient (Wildman–Crippen LogP) is 5.54. The monoisotopic (exact) mass is 543 g/mol. The largest absolute Gasteiger partial charge is 0.401 e. The summed E-state index contributed by atoms with van der Waals surface area (Å²) in [6.07, 6.45) is 3.42. The van der Waals surface area contributed by atoms with Crippen LogP contribution in [0.3, 0.4) is 0 Å². The highest BCUT2D eigenvalue weighted by Crippen LogP contribution is 2.32. The minimum atomic E-state index is -3.30. The minimum Gasteiger partial charge on any atom is -0.401 e. The van der Waals surface area contributed by atoms with Crippen molar-refractivity contribution in [1.29, 1.82) is 0 Å². The standard InChI is InChI=1S/C27H30ClN3O3S2/c1-18-15-31(16-19(2)34-18)17-21(29)14-25(30-24-10-5-4-9-23(24)28)27-12-11-26(35-27)20-7-6-8-22(13-20)36(3,32)33/h4-14,18-19H,15-17,29H2,1-3H3/b21-14-,30-25?. The number of halogens is 1. The molecule has 1 fully saturated rings. The predicted molar refractivity (Wildman–Crippen MR) is 149 cm³/mol. The molecule has 6 nitrogen and oxygen atoms in total. The number of hydrogen-bond acceptors (Lipinski definition) is 7. The van der Waals surface area contributed by atoms with Crippen molar-refractivity contribution in [1.82, 2.24) is 4.90 Å². The molecule has 4 rings (SSSR count). The van der Waals surface area contributed by atoms with Crippen LogP contribution in [0.25, 0.3) is 10.4 Å². The van der Waals surface area contributed by atoms with Crippen LogP contribution in [-0.2, 0) is 14.6 Å². The van der Waals surface area contributed by atoms with Crippen molar-refractivity contribution in [3.63, 3.8) is 0 Å². The van der Waals surface area contributed by atoms with Gasteiger partial charge in [-0.3, -0.25) is 4.90 Å². The van der Waals surface area contributed by atoms with Crippen molar-refractivity contribution in [2.24, 2.45) is 10.7 Å². The van der Waals surface area contributed by atoms with Crippen LogP contribution in [0.2, 0.25) is 5.02 Å². The molecule has 0 saturated carbocycles. The van der Waals surface area contributed by atoms with Gasteiger partial charge in [-0.05, 0) is 61.9 Å². The molecule has 3 aromatic rings. The Morgan fingerprint density at radius 1 is 1.14 bits per heavy atom. The van der Waals surface area contributed by atoms with Crippen LogP contribution in [0.1, 0.15) is 18.7 Å². The molecule has 0 bridgehead atoms. The van der Waals surface area contributed by atoms with Crippen LogP contribution >= 0.6 is 22.9 Å². The van der Waals surface area contributed by atoms with Crippen LogP contribution in [0, 0.1) is 0 Å². The highest BCUT2D eigenvalue weighted by Gasteiger charge is 2.22. The third kappa shape index (κ3) is 6.83. The van der Waals surface area contributed by atoms with Gasteiger partial charge < -0.3 is 10.5 Å². The number of nitrogens with zero attached hydrogens (tertiary/aromatic N) is 2. The minimum absolute atomic E-state index is 0.153. The number of nitrogens with two attached hydrogens (primary N) is 1. The van der Waals surface area contributed by atoms with Gasteiger partial charge in [0.05, 0.1) is 38.4 Å². The van der Waals surface area contributed by atoms with E-state index in [2.05, 4.69) is 18.7 Å². The molecule has 1 aliphatic heterocycles. The molecule has 2 atom stereocenters. The zero-order valence-electron chi connectivity index (χ0n) is 20.5. The van der Waals surface area contributed by atoms with E-state index in [1.807, 2.05) is 42.5 Å². The zero-order valence-corrected chi connectivity index (χ0v) is 22.9. The molecule has 0 spiro atoms. The Morgan fingerprint density at radius 2 is 1.86 bits per heavy atom.